The minimum absolute atomic E-state index is 0.0669. The summed E-state index contributed by atoms with van der Waals surface area (Å²) in [5.41, 5.74) is 2.06. The molecule has 1 saturated heterocycles. The molecule has 0 radical (unpaired) electrons. The number of hydrogen-bond acceptors (Lipinski definition) is 6. The lowest BCUT2D eigenvalue weighted by Gasteiger charge is -2.28. The van der Waals surface area contributed by atoms with Gasteiger partial charge in [-0.3, -0.25) is 9.59 Å². The number of carbonyl (C=O) groups excluding carboxylic acids is 2. The standard InChI is InChI=1S/C23H35NO6S/c1-22(2,3)17-11-15(12-18(21(17)27)23(4,5)6)7-8-20(26)30-13-19(25)24-16-9-10-31(28,29)14-16/h11-12,16,27H,7-10,13-14H2,1-6H3,(H,24,25)/t16-/m0/s1. The van der Waals surface area contributed by atoms with Crippen molar-refractivity contribution in [3.63, 3.8) is 0 Å². The quantitative estimate of drug-likeness (QED) is 0.641. The number of sulfone groups is 1. The first-order valence-electron chi connectivity index (χ1n) is 10.6. The van der Waals surface area contributed by atoms with Crippen LogP contribution in [0.5, 0.6) is 5.75 Å². The summed E-state index contributed by atoms with van der Waals surface area (Å²) in [6.07, 6.45) is 0.909. The minimum atomic E-state index is -3.08. The second-order valence-electron chi connectivity index (χ2n) is 10.4. The summed E-state index contributed by atoms with van der Waals surface area (Å²) in [6.45, 7) is 11.7. The van der Waals surface area contributed by atoms with Crippen LogP contribution in [0.4, 0.5) is 0 Å². The number of nitrogens with one attached hydrogen (secondary N) is 1. The molecule has 7 nitrogen and oxygen atoms in total. The Kier molecular flexibility index (Phi) is 7.46. The Bertz CT molecular complexity index is 903. The molecule has 0 spiro atoms. The van der Waals surface area contributed by atoms with E-state index in [1.54, 1.807) is 0 Å². The van der Waals surface area contributed by atoms with E-state index in [2.05, 4.69) is 5.32 Å². The van der Waals surface area contributed by atoms with E-state index in [0.717, 1.165) is 16.7 Å². The van der Waals surface area contributed by atoms with Gasteiger partial charge in [0.2, 0.25) is 0 Å². The summed E-state index contributed by atoms with van der Waals surface area (Å²) in [7, 11) is -3.08. The zero-order valence-corrected chi connectivity index (χ0v) is 20.2. The highest BCUT2D eigenvalue weighted by molar-refractivity contribution is 7.91. The van der Waals surface area contributed by atoms with Crippen LogP contribution < -0.4 is 5.32 Å². The summed E-state index contributed by atoms with van der Waals surface area (Å²) >= 11 is 0. The molecular formula is C23H35NO6S. The third kappa shape index (κ3) is 7.23. The van der Waals surface area contributed by atoms with E-state index in [1.807, 2.05) is 53.7 Å². The molecule has 0 aliphatic carbocycles. The summed E-state index contributed by atoms with van der Waals surface area (Å²) in [5, 5.41) is 13.4. The second kappa shape index (κ2) is 9.18. The maximum Gasteiger partial charge on any atom is 0.306 e. The Labute approximate surface area is 185 Å². The molecule has 0 unspecified atom stereocenters. The first-order chi connectivity index (χ1) is 14.1. The lowest BCUT2D eigenvalue weighted by molar-refractivity contribution is -0.148. The van der Waals surface area contributed by atoms with Crippen molar-refractivity contribution >= 4 is 21.7 Å². The number of aryl methyl sites for hydroxylation is 1. The van der Waals surface area contributed by atoms with Crippen LogP contribution in [0.3, 0.4) is 0 Å². The van der Waals surface area contributed by atoms with E-state index in [9.17, 15) is 23.1 Å². The van der Waals surface area contributed by atoms with Crippen molar-refractivity contribution in [1.82, 2.24) is 5.32 Å². The SMILES string of the molecule is CC(C)(C)c1cc(CCC(=O)OCC(=O)N[C@H]2CCS(=O)(=O)C2)cc(C(C)(C)C)c1O. The molecule has 31 heavy (non-hydrogen) atoms. The van der Waals surface area contributed by atoms with Gasteiger partial charge in [0.25, 0.3) is 5.91 Å². The maximum atomic E-state index is 12.1. The molecule has 1 aromatic rings. The third-order valence-electron chi connectivity index (χ3n) is 5.37. The number of esters is 1. The lowest BCUT2D eigenvalue weighted by Crippen LogP contribution is -2.38. The number of aromatic hydroxyl groups is 1. The average molecular weight is 454 g/mol. The lowest BCUT2D eigenvalue weighted by atomic mass is 9.78. The number of hydrogen-bond donors (Lipinski definition) is 2. The highest BCUT2D eigenvalue weighted by atomic mass is 32.2. The molecule has 2 rings (SSSR count). The molecule has 8 heteroatoms. The zero-order valence-electron chi connectivity index (χ0n) is 19.4. The Morgan fingerprint density at radius 3 is 2.10 bits per heavy atom. The van der Waals surface area contributed by atoms with E-state index in [1.165, 1.54) is 0 Å². The molecule has 0 aromatic heterocycles. The molecular weight excluding hydrogens is 418 g/mol. The van der Waals surface area contributed by atoms with E-state index in [4.69, 9.17) is 4.74 Å². The van der Waals surface area contributed by atoms with E-state index in [0.29, 0.717) is 12.8 Å². The Hall–Kier alpha value is -2.09. The van der Waals surface area contributed by atoms with Crippen LogP contribution in [-0.2, 0) is 41.4 Å². The van der Waals surface area contributed by atoms with E-state index >= 15 is 0 Å². The van der Waals surface area contributed by atoms with Crippen LogP contribution in [0.15, 0.2) is 12.1 Å². The first-order valence-corrected chi connectivity index (χ1v) is 12.4. The number of benzene rings is 1. The highest BCUT2D eigenvalue weighted by Gasteiger charge is 2.29. The molecule has 1 aliphatic heterocycles. The van der Waals surface area contributed by atoms with Crippen LogP contribution >= 0.6 is 0 Å². The van der Waals surface area contributed by atoms with Gasteiger partial charge in [0.1, 0.15) is 5.75 Å². The molecule has 174 valence electrons. The fourth-order valence-electron chi connectivity index (χ4n) is 3.62. The van der Waals surface area contributed by atoms with Crippen molar-refractivity contribution in [2.75, 3.05) is 18.1 Å². The molecule has 0 saturated carbocycles. The molecule has 1 amide bonds. The van der Waals surface area contributed by atoms with Crippen LogP contribution in [-0.4, -0.2) is 49.6 Å². The number of amides is 1. The van der Waals surface area contributed by atoms with Gasteiger partial charge in [-0.2, -0.15) is 0 Å². The Morgan fingerprint density at radius 1 is 1.10 bits per heavy atom. The van der Waals surface area contributed by atoms with Gasteiger partial charge in [0.15, 0.2) is 16.4 Å². The Balaban J connectivity index is 1.96. The van der Waals surface area contributed by atoms with E-state index in [-0.39, 0.29) is 34.5 Å². The van der Waals surface area contributed by atoms with Gasteiger partial charge in [-0.15, -0.1) is 0 Å². The molecule has 0 bridgehead atoms. The van der Waals surface area contributed by atoms with Crippen molar-refractivity contribution in [2.45, 2.75) is 77.7 Å². The number of phenols is 1. The minimum Gasteiger partial charge on any atom is -0.507 e. The van der Waals surface area contributed by atoms with Crippen LogP contribution in [0, 0.1) is 0 Å². The van der Waals surface area contributed by atoms with Crippen molar-refractivity contribution < 1.29 is 27.9 Å². The summed E-state index contributed by atoms with van der Waals surface area (Å²) in [6, 6.07) is 3.43. The predicted molar refractivity (Wildman–Crippen MR) is 120 cm³/mol. The summed E-state index contributed by atoms with van der Waals surface area (Å²) in [5.74, 6) is -0.712. The molecule has 1 aromatic carbocycles. The van der Waals surface area contributed by atoms with Crippen molar-refractivity contribution in [3.8, 4) is 5.75 Å². The van der Waals surface area contributed by atoms with Crippen LogP contribution in [0.2, 0.25) is 0 Å². The van der Waals surface area contributed by atoms with E-state index < -0.39 is 34.4 Å². The third-order valence-corrected chi connectivity index (χ3v) is 7.13. The van der Waals surface area contributed by atoms with Gasteiger partial charge in [-0.25, -0.2) is 8.42 Å². The van der Waals surface area contributed by atoms with Crippen molar-refractivity contribution in [3.05, 3.63) is 28.8 Å². The number of ether oxygens (including phenoxy) is 1. The largest absolute Gasteiger partial charge is 0.507 e. The first kappa shape index (κ1) is 25.2. The molecule has 1 atom stereocenters. The molecule has 1 fully saturated rings. The van der Waals surface area contributed by atoms with Gasteiger partial charge in [0, 0.05) is 12.5 Å². The smallest absolute Gasteiger partial charge is 0.306 e. The zero-order chi connectivity index (χ0) is 23.6. The number of carbonyl (C=O) groups is 2. The van der Waals surface area contributed by atoms with Crippen LogP contribution in [0.25, 0.3) is 0 Å². The van der Waals surface area contributed by atoms with Gasteiger partial charge >= 0.3 is 5.97 Å². The predicted octanol–water partition coefficient (Wildman–Crippen LogP) is 2.77. The molecule has 1 heterocycles. The Morgan fingerprint density at radius 2 is 1.65 bits per heavy atom. The van der Waals surface area contributed by atoms with Gasteiger partial charge in [-0.05, 0) is 40.4 Å². The highest BCUT2D eigenvalue weighted by Crippen LogP contribution is 2.40. The van der Waals surface area contributed by atoms with Gasteiger partial charge in [-0.1, -0.05) is 53.7 Å². The maximum absolute atomic E-state index is 12.1. The average Bonchev–Trinajstić information content (AvgIpc) is 2.95. The van der Waals surface area contributed by atoms with Gasteiger partial charge < -0.3 is 15.2 Å². The second-order valence-corrected chi connectivity index (χ2v) is 12.6. The van der Waals surface area contributed by atoms with Crippen molar-refractivity contribution in [1.29, 1.82) is 0 Å². The molecule has 1 aliphatic rings. The normalized spacial score (nSPS) is 18.6. The fourth-order valence-corrected chi connectivity index (χ4v) is 5.30. The van der Waals surface area contributed by atoms with Crippen LogP contribution in [0.1, 0.15) is 71.1 Å². The summed E-state index contributed by atoms with van der Waals surface area (Å²) < 4.78 is 28.0. The van der Waals surface area contributed by atoms with Gasteiger partial charge in [0.05, 0.1) is 11.5 Å². The fraction of sp³-hybridized carbons (Fsp3) is 0.652. The summed E-state index contributed by atoms with van der Waals surface area (Å²) in [4.78, 5) is 24.1. The van der Waals surface area contributed by atoms with Crippen molar-refractivity contribution in [2.24, 2.45) is 0 Å². The molecule has 2 N–H and O–H groups in total. The number of rotatable bonds is 6. The number of phenolic OH excluding ortho intramolecular Hbond substituents is 1. The topological polar surface area (TPSA) is 110 Å². The monoisotopic (exact) mass is 453 g/mol.